The lowest BCUT2D eigenvalue weighted by Gasteiger charge is -2.56. The number of ether oxygens (including phenoxy) is 2. The highest BCUT2D eigenvalue weighted by molar-refractivity contribution is 7.99. The molecule has 5 nitrogen and oxygen atoms in total. The van der Waals surface area contributed by atoms with E-state index in [9.17, 15) is 0 Å². The van der Waals surface area contributed by atoms with Crippen LogP contribution in [0.2, 0.25) is 0 Å². The molecule has 4 atom stereocenters. The molecule has 6 saturated heterocycles. The largest absolute Gasteiger partial charge is 0.381 e. The first-order valence-corrected chi connectivity index (χ1v) is 18.5. The van der Waals surface area contributed by atoms with Crippen molar-refractivity contribution >= 4 is 11.8 Å². The lowest BCUT2D eigenvalue weighted by molar-refractivity contribution is -0.147. The number of hydrogen-bond donors (Lipinski definition) is 0. The molecule has 236 valence electrons. The Hall–Kier alpha value is 0.150. The van der Waals surface area contributed by atoms with Crippen molar-refractivity contribution in [1.29, 1.82) is 0 Å². The predicted octanol–water partition coefficient (Wildman–Crippen LogP) is 6.55. The molecule has 0 aliphatic carbocycles. The van der Waals surface area contributed by atoms with Gasteiger partial charge in [0.25, 0.3) is 0 Å². The van der Waals surface area contributed by atoms with Gasteiger partial charge in [-0.15, -0.1) is 0 Å². The Labute approximate surface area is 257 Å². The van der Waals surface area contributed by atoms with E-state index in [1.54, 1.807) is 0 Å². The Morgan fingerprint density at radius 1 is 0.756 bits per heavy atom. The van der Waals surface area contributed by atoms with Gasteiger partial charge in [-0.1, -0.05) is 6.92 Å². The Morgan fingerprint density at radius 3 is 2.02 bits per heavy atom. The van der Waals surface area contributed by atoms with Gasteiger partial charge < -0.3 is 9.47 Å². The van der Waals surface area contributed by atoms with Gasteiger partial charge in [0.15, 0.2) is 0 Å². The van der Waals surface area contributed by atoms with Crippen molar-refractivity contribution in [3.8, 4) is 0 Å². The molecule has 0 amide bonds. The molecule has 0 aromatic carbocycles. The molecule has 0 N–H and O–H groups in total. The van der Waals surface area contributed by atoms with Crippen LogP contribution in [0.3, 0.4) is 0 Å². The van der Waals surface area contributed by atoms with Gasteiger partial charge in [-0.3, -0.25) is 14.7 Å². The molecular formula is C35H63N3O2S. The highest BCUT2D eigenvalue weighted by atomic mass is 32.2. The summed E-state index contributed by atoms with van der Waals surface area (Å²) in [5, 5.41) is 0. The third-order valence-corrected chi connectivity index (χ3v) is 15.0. The van der Waals surface area contributed by atoms with Crippen molar-refractivity contribution in [3.05, 3.63) is 0 Å². The molecule has 6 aliphatic heterocycles. The van der Waals surface area contributed by atoms with Gasteiger partial charge in [0.2, 0.25) is 0 Å². The molecule has 4 unspecified atom stereocenters. The van der Waals surface area contributed by atoms with Crippen LogP contribution in [0.1, 0.15) is 106 Å². The molecule has 6 aliphatic rings. The SMILES string of the molecule is CCC(C)(C)N1CC(C2CC3(CCOC3)CCN2C(C)(C)CCC(C)(C)N2CCC3(CC2)COC3)C2(CCSC2)C1. The van der Waals surface area contributed by atoms with Gasteiger partial charge in [0, 0.05) is 53.5 Å². The minimum atomic E-state index is 0.211. The van der Waals surface area contributed by atoms with Crippen LogP contribution in [0.5, 0.6) is 0 Å². The van der Waals surface area contributed by atoms with Gasteiger partial charge in [-0.25, -0.2) is 0 Å². The zero-order valence-corrected chi connectivity index (χ0v) is 28.7. The van der Waals surface area contributed by atoms with Gasteiger partial charge in [0.05, 0.1) is 19.8 Å². The maximum Gasteiger partial charge on any atom is 0.0545 e. The normalized spacial score (nSPS) is 37.5. The first-order valence-electron chi connectivity index (χ1n) is 17.3. The van der Waals surface area contributed by atoms with Crippen molar-refractivity contribution in [1.82, 2.24) is 14.7 Å². The summed E-state index contributed by atoms with van der Waals surface area (Å²) < 4.78 is 11.7. The molecule has 0 bridgehead atoms. The Bertz CT molecular complexity index is 908. The summed E-state index contributed by atoms with van der Waals surface area (Å²) in [6.07, 6.45) is 11.8. The molecule has 6 heterocycles. The average Bonchev–Trinajstić information content (AvgIpc) is 3.68. The fourth-order valence-electron chi connectivity index (χ4n) is 9.73. The maximum atomic E-state index is 6.12. The number of rotatable bonds is 8. The van der Waals surface area contributed by atoms with Gasteiger partial charge >= 0.3 is 0 Å². The van der Waals surface area contributed by atoms with Gasteiger partial charge in [-0.05, 0) is 141 Å². The van der Waals surface area contributed by atoms with E-state index < -0.39 is 0 Å². The third kappa shape index (κ3) is 5.83. The van der Waals surface area contributed by atoms with Crippen molar-refractivity contribution in [2.45, 2.75) is 129 Å². The smallest absolute Gasteiger partial charge is 0.0545 e. The summed E-state index contributed by atoms with van der Waals surface area (Å²) in [4.78, 5) is 8.81. The average molecular weight is 590 g/mol. The minimum absolute atomic E-state index is 0.211. The fraction of sp³-hybridized carbons (Fsp3) is 1.00. The van der Waals surface area contributed by atoms with Crippen molar-refractivity contribution in [2.24, 2.45) is 22.2 Å². The van der Waals surface area contributed by atoms with Crippen molar-refractivity contribution in [3.63, 3.8) is 0 Å². The van der Waals surface area contributed by atoms with Crippen LogP contribution in [-0.2, 0) is 9.47 Å². The zero-order chi connectivity index (χ0) is 29.2. The van der Waals surface area contributed by atoms with E-state index in [2.05, 4.69) is 74.9 Å². The van der Waals surface area contributed by atoms with Crippen LogP contribution >= 0.6 is 11.8 Å². The fourth-order valence-corrected chi connectivity index (χ4v) is 11.3. The topological polar surface area (TPSA) is 28.2 Å². The molecule has 0 radical (unpaired) electrons. The zero-order valence-electron chi connectivity index (χ0n) is 27.9. The maximum absolute atomic E-state index is 6.12. The monoisotopic (exact) mass is 589 g/mol. The highest BCUT2D eigenvalue weighted by Gasteiger charge is 2.58. The number of hydrogen-bond acceptors (Lipinski definition) is 6. The molecule has 0 saturated carbocycles. The third-order valence-electron chi connectivity index (χ3n) is 13.8. The van der Waals surface area contributed by atoms with Crippen LogP contribution in [-0.4, -0.2) is 108 Å². The van der Waals surface area contributed by atoms with Gasteiger partial charge in [-0.2, -0.15) is 11.8 Å². The van der Waals surface area contributed by atoms with E-state index >= 15 is 0 Å². The molecule has 3 spiro atoms. The molecule has 6 rings (SSSR count). The second-order valence-corrected chi connectivity index (χ2v) is 18.5. The van der Waals surface area contributed by atoms with Crippen LogP contribution in [0.25, 0.3) is 0 Å². The summed E-state index contributed by atoms with van der Waals surface area (Å²) in [6.45, 7) is 28.0. The van der Waals surface area contributed by atoms with E-state index in [0.29, 0.717) is 27.8 Å². The first kappa shape index (κ1) is 31.1. The summed E-state index contributed by atoms with van der Waals surface area (Å²) >= 11 is 2.24. The van der Waals surface area contributed by atoms with Gasteiger partial charge in [0.1, 0.15) is 0 Å². The lowest BCUT2D eigenvalue weighted by Crippen LogP contribution is -2.61. The first-order chi connectivity index (χ1) is 19.3. The molecular weight excluding hydrogens is 526 g/mol. The highest BCUT2D eigenvalue weighted by Crippen LogP contribution is 2.56. The lowest BCUT2D eigenvalue weighted by atomic mass is 9.65. The number of likely N-dealkylation sites (tertiary alicyclic amines) is 3. The summed E-state index contributed by atoms with van der Waals surface area (Å²) in [7, 11) is 0. The second kappa shape index (κ2) is 11.2. The van der Waals surface area contributed by atoms with Crippen LogP contribution in [0.4, 0.5) is 0 Å². The van der Waals surface area contributed by atoms with Crippen LogP contribution in [0.15, 0.2) is 0 Å². The molecule has 6 heteroatoms. The standard InChI is InChI=1S/C35H63N3O2S/c1-8-30(2,3)37-22-28(35(23-37)15-20-41-27-35)29-21-33(14-19-39-24-33)13-18-38(29)32(6,7)10-9-31(4,5)36-16-11-34(12-17-36)25-40-26-34/h28-29H,8-27H2,1-7H3. The Morgan fingerprint density at radius 2 is 1.44 bits per heavy atom. The molecule has 6 fully saturated rings. The van der Waals surface area contributed by atoms with E-state index in [1.807, 2.05) is 0 Å². The van der Waals surface area contributed by atoms with E-state index in [4.69, 9.17) is 9.47 Å². The minimum Gasteiger partial charge on any atom is -0.381 e. The Balaban J connectivity index is 1.21. The van der Waals surface area contributed by atoms with Crippen molar-refractivity contribution in [2.75, 3.05) is 70.7 Å². The predicted molar refractivity (Wildman–Crippen MR) is 173 cm³/mol. The van der Waals surface area contributed by atoms with Crippen molar-refractivity contribution < 1.29 is 9.47 Å². The molecule has 41 heavy (non-hydrogen) atoms. The van der Waals surface area contributed by atoms with Crippen LogP contribution in [0, 0.1) is 22.2 Å². The molecule has 0 aromatic heterocycles. The quantitative estimate of drug-likeness (QED) is 0.319. The molecule has 0 aromatic rings. The Kier molecular flexibility index (Phi) is 8.50. The van der Waals surface area contributed by atoms with Crippen LogP contribution < -0.4 is 0 Å². The second-order valence-electron chi connectivity index (χ2n) is 17.4. The van der Waals surface area contributed by atoms with E-state index in [-0.39, 0.29) is 11.1 Å². The van der Waals surface area contributed by atoms with E-state index in [1.165, 1.54) is 102 Å². The summed E-state index contributed by atoms with van der Waals surface area (Å²) in [5.74, 6) is 3.51. The summed E-state index contributed by atoms with van der Waals surface area (Å²) in [6, 6.07) is 0.674. The number of thioether (sulfide) groups is 1. The number of nitrogens with zero attached hydrogens (tertiary/aromatic N) is 3. The summed E-state index contributed by atoms with van der Waals surface area (Å²) in [5.41, 5.74) is 2.19. The van der Waals surface area contributed by atoms with E-state index in [0.717, 1.165) is 32.3 Å². The number of piperidine rings is 2.